The molecule has 0 spiro atoms. The van der Waals surface area contributed by atoms with Crippen LogP contribution in [0, 0.1) is 0 Å². The van der Waals surface area contributed by atoms with Crippen molar-refractivity contribution in [2.45, 2.75) is 19.4 Å². The zero-order chi connectivity index (χ0) is 11.8. The third-order valence-electron chi connectivity index (χ3n) is 3.03. The minimum absolute atomic E-state index is 0.172. The van der Waals surface area contributed by atoms with Gasteiger partial charge >= 0.3 is 0 Å². The summed E-state index contributed by atoms with van der Waals surface area (Å²) in [7, 11) is 4.10. The number of aliphatic imine (C=N–C) groups is 1. The third-order valence-corrected chi connectivity index (χ3v) is 3.03. The monoisotopic (exact) mass is 214 g/mol. The summed E-state index contributed by atoms with van der Waals surface area (Å²) in [5.41, 5.74) is 3.38. The Balaban J connectivity index is 2.33. The summed E-state index contributed by atoms with van der Waals surface area (Å²) in [4.78, 5) is 6.76. The molecule has 84 valence electrons. The Bertz CT molecular complexity index is 440. The summed E-state index contributed by atoms with van der Waals surface area (Å²) in [6.45, 7) is 4.18. The summed E-state index contributed by atoms with van der Waals surface area (Å²) in [6.07, 6.45) is 4.24. The van der Waals surface area contributed by atoms with Crippen molar-refractivity contribution in [3.8, 4) is 0 Å². The Labute approximate surface area is 97.3 Å². The minimum Gasteiger partial charge on any atom is -0.378 e. The number of hydrogen-bond donors (Lipinski definition) is 0. The second kappa shape index (κ2) is 3.78. The van der Waals surface area contributed by atoms with Gasteiger partial charge in [-0.3, -0.25) is 4.99 Å². The van der Waals surface area contributed by atoms with Gasteiger partial charge < -0.3 is 4.90 Å². The Morgan fingerprint density at radius 3 is 2.19 bits per heavy atom. The van der Waals surface area contributed by atoms with Crippen LogP contribution in [0.2, 0.25) is 0 Å². The molecule has 16 heavy (non-hydrogen) atoms. The van der Waals surface area contributed by atoms with Crippen molar-refractivity contribution >= 4 is 11.4 Å². The molecule has 2 rings (SSSR count). The first-order valence-corrected chi connectivity index (χ1v) is 5.55. The number of hydrogen-bond acceptors (Lipinski definition) is 2. The molecular formula is C14H18N2. The van der Waals surface area contributed by atoms with E-state index in [0.717, 1.165) is 5.71 Å². The van der Waals surface area contributed by atoms with Crippen LogP contribution in [0.5, 0.6) is 0 Å². The van der Waals surface area contributed by atoms with E-state index in [2.05, 4.69) is 67.3 Å². The molecule has 0 saturated heterocycles. The van der Waals surface area contributed by atoms with Gasteiger partial charge in [0.05, 0.1) is 0 Å². The maximum absolute atomic E-state index is 4.66. The van der Waals surface area contributed by atoms with E-state index in [4.69, 9.17) is 0 Å². The zero-order valence-electron chi connectivity index (χ0n) is 10.4. The fraction of sp³-hybridized carbons (Fsp3) is 0.357. The zero-order valence-corrected chi connectivity index (χ0v) is 10.4. The Hall–Kier alpha value is -1.57. The topological polar surface area (TPSA) is 15.6 Å². The van der Waals surface area contributed by atoms with Crippen molar-refractivity contribution in [1.29, 1.82) is 0 Å². The molecule has 0 saturated carbocycles. The molecule has 1 heterocycles. The van der Waals surface area contributed by atoms with Crippen molar-refractivity contribution in [3.05, 3.63) is 42.0 Å². The predicted molar refractivity (Wildman–Crippen MR) is 70.4 cm³/mol. The van der Waals surface area contributed by atoms with Crippen LogP contribution in [0.3, 0.4) is 0 Å². The van der Waals surface area contributed by atoms with Crippen molar-refractivity contribution in [1.82, 2.24) is 0 Å². The fourth-order valence-electron chi connectivity index (χ4n) is 1.98. The van der Waals surface area contributed by atoms with Crippen molar-refractivity contribution in [2.24, 2.45) is 4.99 Å². The van der Waals surface area contributed by atoms with Crippen LogP contribution in [0.15, 0.2) is 41.4 Å². The van der Waals surface area contributed by atoms with Gasteiger partial charge in [-0.15, -0.1) is 0 Å². The molecule has 0 N–H and O–H groups in total. The van der Waals surface area contributed by atoms with Gasteiger partial charge in [0.2, 0.25) is 0 Å². The molecule has 0 aromatic heterocycles. The van der Waals surface area contributed by atoms with E-state index in [1.165, 1.54) is 11.3 Å². The normalized spacial score (nSPS) is 23.4. The number of allylic oxidation sites excluding steroid dienone is 1. The van der Waals surface area contributed by atoms with Gasteiger partial charge in [0.1, 0.15) is 5.54 Å². The standard InChI is InChI=1S/C14H18N2/c1-11-9-10-14(2,15-11)12-5-7-13(8-6-12)16(3)4/h5-10H,1-4H3. The summed E-state index contributed by atoms with van der Waals surface area (Å²) >= 11 is 0. The van der Waals surface area contributed by atoms with Gasteiger partial charge in [0, 0.05) is 25.5 Å². The van der Waals surface area contributed by atoms with Gasteiger partial charge in [-0.05, 0) is 37.6 Å². The molecule has 1 aliphatic rings. The molecule has 0 aliphatic carbocycles. The first-order valence-electron chi connectivity index (χ1n) is 5.55. The second-order valence-electron chi connectivity index (χ2n) is 4.68. The lowest BCUT2D eigenvalue weighted by molar-refractivity contribution is 0.645. The highest BCUT2D eigenvalue weighted by molar-refractivity contribution is 5.95. The Morgan fingerprint density at radius 1 is 1.12 bits per heavy atom. The summed E-state index contributed by atoms with van der Waals surface area (Å²) in [5.74, 6) is 0. The van der Waals surface area contributed by atoms with E-state index in [0.29, 0.717) is 0 Å². The fourth-order valence-corrected chi connectivity index (χ4v) is 1.98. The molecule has 1 aromatic carbocycles. The number of anilines is 1. The van der Waals surface area contributed by atoms with E-state index in [-0.39, 0.29) is 5.54 Å². The highest BCUT2D eigenvalue weighted by Crippen LogP contribution is 2.31. The lowest BCUT2D eigenvalue weighted by Crippen LogP contribution is -2.14. The van der Waals surface area contributed by atoms with Crippen LogP contribution in [-0.2, 0) is 5.54 Å². The number of rotatable bonds is 2. The van der Waals surface area contributed by atoms with Gasteiger partial charge in [-0.1, -0.05) is 18.2 Å². The van der Waals surface area contributed by atoms with Gasteiger partial charge in [-0.2, -0.15) is 0 Å². The Kier molecular flexibility index (Phi) is 2.58. The minimum atomic E-state index is -0.172. The Morgan fingerprint density at radius 2 is 1.75 bits per heavy atom. The molecule has 2 nitrogen and oxygen atoms in total. The summed E-state index contributed by atoms with van der Waals surface area (Å²) < 4.78 is 0. The quantitative estimate of drug-likeness (QED) is 0.739. The highest BCUT2D eigenvalue weighted by atomic mass is 15.1. The highest BCUT2D eigenvalue weighted by Gasteiger charge is 2.25. The van der Waals surface area contributed by atoms with E-state index in [1.54, 1.807) is 0 Å². The third kappa shape index (κ3) is 1.87. The molecular weight excluding hydrogens is 196 g/mol. The van der Waals surface area contributed by atoms with Crippen LogP contribution < -0.4 is 4.90 Å². The van der Waals surface area contributed by atoms with Crippen LogP contribution in [-0.4, -0.2) is 19.8 Å². The van der Waals surface area contributed by atoms with Crippen LogP contribution in [0.4, 0.5) is 5.69 Å². The molecule has 1 aliphatic heterocycles. The van der Waals surface area contributed by atoms with Gasteiger partial charge in [-0.25, -0.2) is 0 Å². The van der Waals surface area contributed by atoms with E-state index < -0.39 is 0 Å². The lowest BCUT2D eigenvalue weighted by Gasteiger charge is -2.20. The molecule has 1 aromatic rings. The second-order valence-corrected chi connectivity index (χ2v) is 4.68. The van der Waals surface area contributed by atoms with Crippen LogP contribution in [0.1, 0.15) is 19.4 Å². The predicted octanol–water partition coefficient (Wildman–Crippen LogP) is 3.00. The molecule has 1 atom stereocenters. The molecule has 1 unspecified atom stereocenters. The van der Waals surface area contributed by atoms with E-state index in [1.807, 2.05) is 6.92 Å². The van der Waals surface area contributed by atoms with E-state index >= 15 is 0 Å². The molecule has 0 radical (unpaired) electrons. The summed E-state index contributed by atoms with van der Waals surface area (Å²) in [5, 5.41) is 0. The smallest absolute Gasteiger partial charge is 0.102 e. The molecule has 2 heteroatoms. The SMILES string of the molecule is CC1=NC(C)(c2ccc(N(C)C)cc2)C=C1. The first kappa shape index (κ1) is 10.9. The average molecular weight is 214 g/mol. The van der Waals surface area contributed by atoms with Crippen LogP contribution >= 0.6 is 0 Å². The lowest BCUT2D eigenvalue weighted by atomic mass is 9.93. The maximum Gasteiger partial charge on any atom is 0.102 e. The average Bonchev–Trinajstić information content (AvgIpc) is 2.60. The molecule has 0 bridgehead atoms. The summed E-state index contributed by atoms with van der Waals surface area (Å²) in [6, 6.07) is 8.58. The number of nitrogens with zero attached hydrogens (tertiary/aromatic N) is 2. The van der Waals surface area contributed by atoms with Crippen molar-refractivity contribution < 1.29 is 0 Å². The largest absolute Gasteiger partial charge is 0.378 e. The number of benzene rings is 1. The van der Waals surface area contributed by atoms with Crippen LogP contribution in [0.25, 0.3) is 0 Å². The van der Waals surface area contributed by atoms with Gasteiger partial charge in [0.25, 0.3) is 0 Å². The van der Waals surface area contributed by atoms with Crippen molar-refractivity contribution in [3.63, 3.8) is 0 Å². The first-order chi connectivity index (χ1) is 7.51. The molecule has 0 amide bonds. The van der Waals surface area contributed by atoms with Crippen molar-refractivity contribution in [2.75, 3.05) is 19.0 Å². The van der Waals surface area contributed by atoms with Gasteiger partial charge in [0.15, 0.2) is 0 Å². The van der Waals surface area contributed by atoms with E-state index in [9.17, 15) is 0 Å². The molecule has 0 fully saturated rings. The maximum atomic E-state index is 4.66.